The van der Waals surface area contributed by atoms with E-state index in [2.05, 4.69) is 20.1 Å². The molecule has 15 heavy (non-hydrogen) atoms. The minimum absolute atomic E-state index is 0.312. The maximum atomic E-state index is 5.63. The molecule has 0 fully saturated rings. The van der Waals surface area contributed by atoms with Gasteiger partial charge in [0, 0.05) is 13.2 Å². The number of hydrogen-bond donors (Lipinski definition) is 1. The molecule has 7 nitrogen and oxygen atoms in total. The third kappa shape index (κ3) is 2.08. The van der Waals surface area contributed by atoms with Gasteiger partial charge >= 0.3 is 0 Å². The van der Waals surface area contributed by atoms with Crippen LogP contribution in [0.3, 0.4) is 0 Å². The van der Waals surface area contributed by atoms with E-state index in [9.17, 15) is 0 Å². The van der Waals surface area contributed by atoms with Crippen LogP contribution in [0.2, 0.25) is 0 Å². The lowest BCUT2D eigenvalue weighted by molar-refractivity contribution is 0.178. The Bertz CT molecular complexity index is 440. The molecule has 0 radical (unpaired) electrons. The monoisotopic (exact) mass is 206 g/mol. The number of methoxy groups -OCH3 is 1. The Morgan fingerprint density at radius 2 is 2.33 bits per heavy atom. The summed E-state index contributed by atoms with van der Waals surface area (Å²) in [6, 6.07) is 1.62. The molecule has 0 aromatic carbocycles. The van der Waals surface area contributed by atoms with Gasteiger partial charge in [-0.1, -0.05) is 0 Å². The van der Waals surface area contributed by atoms with Crippen molar-refractivity contribution in [2.45, 2.75) is 6.61 Å². The van der Waals surface area contributed by atoms with E-state index in [1.807, 2.05) is 0 Å². The first-order chi connectivity index (χ1) is 7.29. The number of nitrogen functional groups attached to an aromatic ring is 1. The predicted octanol–water partition coefficient (Wildman–Crippen LogP) is -0.214. The van der Waals surface area contributed by atoms with Crippen LogP contribution in [0, 0.1) is 0 Å². The zero-order valence-electron chi connectivity index (χ0n) is 8.16. The normalized spacial score (nSPS) is 10.5. The van der Waals surface area contributed by atoms with Gasteiger partial charge in [0.05, 0.1) is 0 Å². The van der Waals surface area contributed by atoms with Gasteiger partial charge in [0.25, 0.3) is 0 Å². The first kappa shape index (κ1) is 9.53. The molecule has 7 heteroatoms. The van der Waals surface area contributed by atoms with Crippen molar-refractivity contribution in [3.05, 3.63) is 24.5 Å². The first-order valence-electron chi connectivity index (χ1n) is 4.27. The Morgan fingerprint density at radius 1 is 1.47 bits per heavy atom. The number of anilines is 1. The summed E-state index contributed by atoms with van der Waals surface area (Å²) >= 11 is 0. The Kier molecular flexibility index (Phi) is 2.55. The summed E-state index contributed by atoms with van der Waals surface area (Å²) in [4.78, 5) is 12.0. The third-order valence-electron chi connectivity index (χ3n) is 1.71. The highest BCUT2D eigenvalue weighted by Crippen LogP contribution is 2.07. The highest BCUT2D eigenvalue weighted by atomic mass is 16.5. The summed E-state index contributed by atoms with van der Waals surface area (Å²) in [6.07, 6.45) is 2.96. The second-order valence-electron chi connectivity index (χ2n) is 2.84. The van der Waals surface area contributed by atoms with Gasteiger partial charge in [0.15, 0.2) is 11.6 Å². The van der Waals surface area contributed by atoms with Crippen molar-refractivity contribution in [1.29, 1.82) is 0 Å². The van der Waals surface area contributed by atoms with Crippen LogP contribution in [0.1, 0.15) is 5.82 Å². The summed E-state index contributed by atoms with van der Waals surface area (Å²) in [5.74, 6) is 1.47. The molecule has 0 bridgehead atoms. The van der Waals surface area contributed by atoms with Crippen molar-refractivity contribution in [2.24, 2.45) is 0 Å². The lowest BCUT2D eigenvalue weighted by atomic mass is 10.5. The quantitative estimate of drug-likeness (QED) is 0.746. The number of hydrogen-bond acceptors (Lipinski definition) is 6. The molecule has 2 aromatic heterocycles. The van der Waals surface area contributed by atoms with Gasteiger partial charge in [-0.2, -0.15) is 5.10 Å². The molecular formula is C8H10N6O. The molecule has 0 unspecified atom stereocenters. The van der Waals surface area contributed by atoms with Gasteiger partial charge < -0.3 is 10.5 Å². The van der Waals surface area contributed by atoms with Crippen LogP contribution in [0.25, 0.3) is 5.82 Å². The number of nitrogens with zero attached hydrogens (tertiary/aromatic N) is 5. The van der Waals surface area contributed by atoms with E-state index in [0.29, 0.717) is 24.1 Å². The summed E-state index contributed by atoms with van der Waals surface area (Å²) in [5.41, 5.74) is 5.63. The van der Waals surface area contributed by atoms with E-state index in [4.69, 9.17) is 10.5 Å². The molecule has 0 aliphatic carbocycles. The average molecular weight is 206 g/mol. The molecular weight excluding hydrogens is 196 g/mol. The highest BCUT2D eigenvalue weighted by molar-refractivity contribution is 5.36. The number of ether oxygens (including phenoxy) is 1. The molecule has 2 aromatic rings. The smallest absolute Gasteiger partial charge is 0.161 e. The predicted molar refractivity (Wildman–Crippen MR) is 52.1 cm³/mol. The first-order valence-corrected chi connectivity index (χ1v) is 4.27. The molecule has 78 valence electrons. The van der Waals surface area contributed by atoms with E-state index >= 15 is 0 Å². The Hall–Kier alpha value is -2.02. The lowest BCUT2D eigenvalue weighted by Crippen LogP contribution is -2.06. The average Bonchev–Trinajstić information content (AvgIpc) is 2.70. The van der Waals surface area contributed by atoms with Crippen molar-refractivity contribution >= 4 is 5.82 Å². The van der Waals surface area contributed by atoms with Crippen molar-refractivity contribution in [2.75, 3.05) is 12.8 Å². The molecule has 0 amide bonds. The number of aromatic nitrogens is 5. The van der Waals surface area contributed by atoms with E-state index in [0.717, 1.165) is 0 Å². The third-order valence-corrected chi connectivity index (χ3v) is 1.71. The molecule has 2 heterocycles. The Morgan fingerprint density at radius 3 is 3.00 bits per heavy atom. The minimum atomic E-state index is 0.312. The van der Waals surface area contributed by atoms with E-state index in [1.165, 1.54) is 11.0 Å². The van der Waals surface area contributed by atoms with Crippen molar-refractivity contribution in [1.82, 2.24) is 24.7 Å². The zero-order valence-corrected chi connectivity index (χ0v) is 8.16. The maximum Gasteiger partial charge on any atom is 0.161 e. The fourth-order valence-electron chi connectivity index (χ4n) is 1.14. The van der Waals surface area contributed by atoms with Gasteiger partial charge in [-0.25, -0.2) is 19.6 Å². The van der Waals surface area contributed by atoms with Gasteiger partial charge in [-0.3, -0.25) is 0 Å². The molecule has 0 spiro atoms. The summed E-state index contributed by atoms with van der Waals surface area (Å²) in [7, 11) is 1.57. The van der Waals surface area contributed by atoms with Crippen LogP contribution in [0.4, 0.5) is 5.82 Å². The van der Waals surface area contributed by atoms with E-state index < -0.39 is 0 Å². The van der Waals surface area contributed by atoms with Gasteiger partial charge in [0.2, 0.25) is 0 Å². The molecule has 0 saturated heterocycles. The van der Waals surface area contributed by atoms with Crippen molar-refractivity contribution in [3.63, 3.8) is 0 Å². The fraction of sp³-hybridized carbons (Fsp3) is 0.250. The Balaban J connectivity index is 2.40. The standard InChI is InChI=1S/C8H10N6O/c1-15-3-7-12-6(9)2-8(13-7)14-5-10-4-11-14/h2,4-5H,3H2,1H3,(H2,9,12,13). The molecule has 2 N–H and O–H groups in total. The molecule has 0 atom stereocenters. The van der Waals surface area contributed by atoms with Gasteiger partial charge in [-0.05, 0) is 0 Å². The molecule has 0 aliphatic heterocycles. The molecule has 0 aliphatic rings. The summed E-state index contributed by atoms with van der Waals surface area (Å²) in [6.45, 7) is 0.312. The second-order valence-corrected chi connectivity index (χ2v) is 2.84. The van der Waals surface area contributed by atoms with Crippen molar-refractivity contribution in [3.8, 4) is 5.82 Å². The SMILES string of the molecule is COCc1nc(N)cc(-n2cncn2)n1. The second kappa shape index (κ2) is 4.01. The van der Waals surface area contributed by atoms with Crippen LogP contribution in [-0.2, 0) is 11.3 Å². The molecule has 2 rings (SSSR count). The molecule has 0 saturated carbocycles. The number of nitrogens with two attached hydrogens (primary N) is 1. The van der Waals surface area contributed by atoms with Gasteiger partial charge in [0.1, 0.15) is 25.1 Å². The van der Waals surface area contributed by atoms with Gasteiger partial charge in [-0.15, -0.1) is 0 Å². The largest absolute Gasteiger partial charge is 0.384 e. The minimum Gasteiger partial charge on any atom is -0.384 e. The highest BCUT2D eigenvalue weighted by Gasteiger charge is 2.04. The maximum absolute atomic E-state index is 5.63. The number of rotatable bonds is 3. The van der Waals surface area contributed by atoms with Crippen molar-refractivity contribution < 1.29 is 4.74 Å². The summed E-state index contributed by atoms with van der Waals surface area (Å²) < 4.78 is 6.44. The van der Waals surface area contributed by atoms with Crippen LogP contribution in [-0.4, -0.2) is 31.8 Å². The summed E-state index contributed by atoms with van der Waals surface area (Å²) in [5, 5.41) is 3.95. The lowest BCUT2D eigenvalue weighted by Gasteiger charge is -2.04. The topological polar surface area (TPSA) is 91.7 Å². The van der Waals surface area contributed by atoms with Crippen LogP contribution < -0.4 is 5.73 Å². The zero-order chi connectivity index (χ0) is 10.7. The van der Waals surface area contributed by atoms with E-state index in [-0.39, 0.29) is 0 Å². The van der Waals surface area contributed by atoms with E-state index in [1.54, 1.807) is 19.5 Å². The van der Waals surface area contributed by atoms with Crippen LogP contribution in [0.5, 0.6) is 0 Å². The fourth-order valence-corrected chi connectivity index (χ4v) is 1.14. The van der Waals surface area contributed by atoms with Crippen LogP contribution >= 0.6 is 0 Å². The Labute approximate surface area is 85.9 Å². The van der Waals surface area contributed by atoms with Crippen LogP contribution in [0.15, 0.2) is 18.7 Å².